The van der Waals surface area contributed by atoms with Crippen LogP contribution in [0, 0.1) is 5.92 Å². The van der Waals surface area contributed by atoms with Crippen molar-refractivity contribution in [1.82, 2.24) is 0 Å². The number of aliphatic imine (C=N–C) groups is 1. The number of allylic oxidation sites excluding steroid dienone is 2. The number of benzene rings is 1. The van der Waals surface area contributed by atoms with Gasteiger partial charge < -0.3 is 9.47 Å². The number of carbonyl (C=O) groups is 2. The van der Waals surface area contributed by atoms with E-state index in [2.05, 4.69) is 6.07 Å². The van der Waals surface area contributed by atoms with Crippen molar-refractivity contribution >= 4 is 28.8 Å². The third kappa shape index (κ3) is 3.53. The van der Waals surface area contributed by atoms with E-state index in [0.717, 1.165) is 11.3 Å². The Morgan fingerprint density at radius 1 is 1.17 bits per heavy atom. The summed E-state index contributed by atoms with van der Waals surface area (Å²) in [4.78, 5) is 31.9. The predicted octanol–water partition coefficient (Wildman–Crippen LogP) is 4.50. The second-order valence-corrected chi connectivity index (χ2v) is 8.39. The number of carbonyl (C=O) groups excluding carboxylic acids is 2. The summed E-state index contributed by atoms with van der Waals surface area (Å²) in [5.41, 5.74) is 2.99. The Bertz CT molecular complexity index is 1010. The second kappa shape index (κ2) is 7.95. The van der Waals surface area contributed by atoms with Gasteiger partial charge >= 0.3 is 5.97 Å². The summed E-state index contributed by atoms with van der Waals surface area (Å²) in [6.45, 7) is 1.85. The minimum atomic E-state index is -0.618. The van der Waals surface area contributed by atoms with Gasteiger partial charge in [-0.3, -0.25) is 14.6 Å². The van der Waals surface area contributed by atoms with E-state index in [1.165, 1.54) is 12.0 Å². The highest BCUT2D eigenvalue weighted by Crippen LogP contribution is 2.47. The molecule has 2 heterocycles. The molecule has 2 aliphatic rings. The lowest BCUT2D eigenvalue weighted by atomic mass is 9.70. The summed E-state index contributed by atoms with van der Waals surface area (Å²) >= 11 is 1.67. The minimum absolute atomic E-state index is 0.0580. The molecule has 6 heteroatoms. The molecule has 1 aliphatic heterocycles. The molecule has 3 atom stereocenters. The summed E-state index contributed by atoms with van der Waals surface area (Å²) in [5.74, 6) is -0.525. The number of hydrogen-bond acceptors (Lipinski definition) is 6. The second-order valence-electron chi connectivity index (χ2n) is 7.41. The van der Waals surface area contributed by atoms with Gasteiger partial charge in [0.25, 0.3) is 0 Å². The molecule has 1 unspecified atom stereocenters. The van der Waals surface area contributed by atoms with Crippen LogP contribution in [0.5, 0.6) is 5.75 Å². The molecule has 150 valence electrons. The topological polar surface area (TPSA) is 65.0 Å². The fourth-order valence-corrected chi connectivity index (χ4v) is 5.24. The Morgan fingerprint density at radius 3 is 2.69 bits per heavy atom. The van der Waals surface area contributed by atoms with Crippen LogP contribution in [0.15, 0.2) is 58.0 Å². The molecule has 1 aliphatic carbocycles. The average molecular weight is 410 g/mol. The van der Waals surface area contributed by atoms with Gasteiger partial charge in [0, 0.05) is 40.1 Å². The Morgan fingerprint density at radius 2 is 2.00 bits per heavy atom. The lowest BCUT2D eigenvalue weighted by Crippen LogP contribution is -2.37. The summed E-state index contributed by atoms with van der Waals surface area (Å²) in [7, 11) is 2.98. The number of Topliss-reactive ketones (excluding diaryl/α,β-unsaturated/α-hetero) is 1. The van der Waals surface area contributed by atoms with Gasteiger partial charge in [-0.25, -0.2) is 0 Å². The zero-order chi connectivity index (χ0) is 20.5. The van der Waals surface area contributed by atoms with Crippen LogP contribution in [0.1, 0.15) is 42.0 Å². The molecule has 0 amide bonds. The standard InChI is InChI=1S/C23H23NO4S/c1-13-20(23(26)28-3)21(14-6-4-7-16(10-14)27-2)22-17(24-13)11-15(12-18(22)25)19-8-5-9-29-19/h4-10,15,20-21H,11-12H2,1-3H3/t15-,20?,21+/m1/s1. The van der Waals surface area contributed by atoms with E-state index in [1.807, 2.05) is 42.6 Å². The van der Waals surface area contributed by atoms with Crippen LogP contribution < -0.4 is 4.74 Å². The van der Waals surface area contributed by atoms with Crippen molar-refractivity contribution < 1.29 is 19.1 Å². The van der Waals surface area contributed by atoms with Crippen molar-refractivity contribution in [3.63, 3.8) is 0 Å². The van der Waals surface area contributed by atoms with Crippen LogP contribution in [-0.2, 0) is 14.3 Å². The first-order valence-corrected chi connectivity index (χ1v) is 10.5. The van der Waals surface area contributed by atoms with Crippen LogP contribution in [-0.4, -0.2) is 31.7 Å². The Labute approximate surface area is 174 Å². The molecule has 1 aromatic heterocycles. The number of esters is 1. The zero-order valence-electron chi connectivity index (χ0n) is 16.7. The molecule has 0 spiro atoms. The lowest BCUT2D eigenvalue weighted by Gasteiger charge is -2.36. The molecule has 1 aromatic carbocycles. The van der Waals surface area contributed by atoms with E-state index in [9.17, 15) is 9.59 Å². The van der Waals surface area contributed by atoms with Gasteiger partial charge in [0.1, 0.15) is 11.7 Å². The number of rotatable bonds is 4. The SMILES string of the molecule is COC(=O)C1C(C)=NC2=C(C(=O)C[C@H](c3cccs3)C2)[C@H]1c1cccc(OC)c1. The molecule has 0 fully saturated rings. The maximum atomic E-state index is 13.3. The average Bonchev–Trinajstić information content (AvgIpc) is 3.27. The molecule has 0 radical (unpaired) electrons. The van der Waals surface area contributed by atoms with Crippen molar-refractivity contribution in [2.45, 2.75) is 31.6 Å². The van der Waals surface area contributed by atoms with Crippen LogP contribution >= 0.6 is 11.3 Å². The molecule has 2 aromatic rings. The highest BCUT2D eigenvalue weighted by atomic mass is 32.1. The van der Waals surface area contributed by atoms with Gasteiger partial charge in [-0.2, -0.15) is 0 Å². The summed E-state index contributed by atoms with van der Waals surface area (Å²) in [6.07, 6.45) is 1.13. The van der Waals surface area contributed by atoms with E-state index in [0.29, 0.717) is 29.9 Å². The Hall–Kier alpha value is -2.73. The third-order valence-electron chi connectivity index (χ3n) is 5.74. The number of nitrogens with zero attached hydrogens (tertiary/aromatic N) is 1. The predicted molar refractivity (Wildman–Crippen MR) is 113 cm³/mol. The fourth-order valence-electron chi connectivity index (χ4n) is 4.41. The van der Waals surface area contributed by atoms with Gasteiger partial charge in [0.2, 0.25) is 0 Å². The smallest absolute Gasteiger partial charge is 0.315 e. The van der Waals surface area contributed by atoms with E-state index >= 15 is 0 Å². The van der Waals surface area contributed by atoms with Crippen LogP contribution in [0.3, 0.4) is 0 Å². The van der Waals surface area contributed by atoms with E-state index < -0.39 is 11.8 Å². The van der Waals surface area contributed by atoms with Gasteiger partial charge in [-0.1, -0.05) is 18.2 Å². The van der Waals surface area contributed by atoms with Crippen molar-refractivity contribution in [3.8, 4) is 5.75 Å². The molecule has 29 heavy (non-hydrogen) atoms. The number of ether oxygens (including phenoxy) is 2. The summed E-state index contributed by atoms with van der Waals surface area (Å²) < 4.78 is 10.5. The van der Waals surface area contributed by atoms with E-state index in [4.69, 9.17) is 14.5 Å². The highest BCUT2D eigenvalue weighted by molar-refractivity contribution is 7.10. The first kappa shape index (κ1) is 19.6. The molecule has 0 N–H and O–H groups in total. The molecule has 5 nitrogen and oxygen atoms in total. The molecular formula is C23H23NO4S. The van der Waals surface area contributed by atoms with Gasteiger partial charge in [-0.15, -0.1) is 11.3 Å². The quantitative estimate of drug-likeness (QED) is 0.697. The zero-order valence-corrected chi connectivity index (χ0v) is 17.5. The van der Waals surface area contributed by atoms with Crippen molar-refractivity contribution in [1.29, 1.82) is 0 Å². The summed E-state index contributed by atoms with van der Waals surface area (Å²) in [6, 6.07) is 11.6. The van der Waals surface area contributed by atoms with E-state index in [-0.39, 0.29) is 17.7 Å². The molecule has 0 bridgehead atoms. The normalized spacial score (nSPS) is 24.0. The Kier molecular flexibility index (Phi) is 5.37. The maximum Gasteiger partial charge on any atom is 0.315 e. The number of methoxy groups -OCH3 is 2. The maximum absolute atomic E-state index is 13.3. The molecular weight excluding hydrogens is 386 g/mol. The first-order valence-electron chi connectivity index (χ1n) is 9.60. The molecule has 4 rings (SSSR count). The molecule has 0 saturated heterocycles. The highest BCUT2D eigenvalue weighted by Gasteiger charge is 2.44. The van der Waals surface area contributed by atoms with Crippen LogP contribution in [0.4, 0.5) is 0 Å². The van der Waals surface area contributed by atoms with Gasteiger partial charge in [0.15, 0.2) is 5.78 Å². The third-order valence-corrected chi connectivity index (χ3v) is 6.78. The summed E-state index contributed by atoms with van der Waals surface area (Å²) in [5, 5.41) is 2.03. The largest absolute Gasteiger partial charge is 0.497 e. The monoisotopic (exact) mass is 409 g/mol. The van der Waals surface area contributed by atoms with Crippen LogP contribution in [0.25, 0.3) is 0 Å². The van der Waals surface area contributed by atoms with E-state index in [1.54, 1.807) is 18.4 Å². The van der Waals surface area contributed by atoms with Crippen molar-refractivity contribution in [2.24, 2.45) is 10.9 Å². The minimum Gasteiger partial charge on any atom is -0.497 e. The van der Waals surface area contributed by atoms with Crippen LogP contribution in [0.2, 0.25) is 0 Å². The lowest BCUT2D eigenvalue weighted by molar-refractivity contribution is -0.143. The number of ketones is 1. The number of hydrogen-bond donors (Lipinski definition) is 0. The first-order chi connectivity index (χ1) is 14.0. The van der Waals surface area contributed by atoms with Gasteiger partial charge in [-0.05, 0) is 42.5 Å². The Balaban J connectivity index is 1.83. The van der Waals surface area contributed by atoms with Crippen molar-refractivity contribution in [3.05, 3.63) is 63.5 Å². The van der Waals surface area contributed by atoms with Crippen molar-refractivity contribution in [2.75, 3.05) is 14.2 Å². The number of thiophene rings is 1. The fraction of sp³-hybridized carbons (Fsp3) is 0.348. The molecule has 0 saturated carbocycles. The van der Waals surface area contributed by atoms with Gasteiger partial charge in [0.05, 0.1) is 14.2 Å².